The van der Waals surface area contributed by atoms with Crippen molar-refractivity contribution in [3.05, 3.63) is 35.9 Å². The van der Waals surface area contributed by atoms with E-state index in [4.69, 9.17) is 0 Å². The van der Waals surface area contributed by atoms with E-state index in [9.17, 15) is 9.59 Å². The summed E-state index contributed by atoms with van der Waals surface area (Å²) in [6, 6.07) is 9.48. The van der Waals surface area contributed by atoms with E-state index >= 15 is 0 Å². The van der Waals surface area contributed by atoms with Gasteiger partial charge in [0.25, 0.3) is 0 Å². The van der Waals surface area contributed by atoms with E-state index in [1.54, 1.807) is 0 Å². The molecule has 0 spiro atoms. The topological polar surface area (TPSA) is 37.4 Å². The van der Waals surface area contributed by atoms with E-state index in [2.05, 4.69) is 0 Å². The van der Waals surface area contributed by atoms with Crippen molar-refractivity contribution in [1.82, 2.24) is 4.90 Å². The minimum atomic E-state index is -0.0932. The van der Waals surface area contributed by atoms with Crippen molar-refractivity contribution in [2.24, 2.45) is 5.92 Å². The highest BCUT2D eigenvalue weighted by Crippen LogP contribution is 2.17. The van der Waals surface area contributed by atoms with Crippen LogP contribution in [0.4, 0.5) is 0 Å². The molecule has 2 amide bonds. The van der Waals surface area contributed by atoms with Gasteiger partial charge in [-0.15, -0.1) is 0 Å². The van der Waals surface area contributed by atoms with Gasteiger partial charge in [0.05, 0.1) is 12.3 Å². The van der Waals surface area contributed by atoms with Crippen molar-refractivity contribution < 1.29 is 9.59 Å². The van der Waals surface area contributed by atoms with Crippen LogP contribution in [0.5, 0.6) is 0 Å². The molecule has 1 saturated heterocycles. The number of carbonyl (C=O) groups is 2. The van der Waals surface area contributed by atoms with Crippen LogP contribution in [0, 0.1) is 5.92 Å². The fourth-order valence-electron chi connectivity index (χ4n) is 1.69. The summed E-state index contributed by atoms with van der Waals surface area (Å²) in [5, 5.41) is 0. The molecule has 0 N–H and O–H groups in total. The molecule has 0 saturated carbocycles. The monoisotopic (exact) mass is 203 g/mol. The van der Waals surface area contributed by atoms with Crippen LogP contribution < -0.4 is 0 Å². The molecule has 0 aromatic heterocycles. The van der Waals surface area contributed by atoms with E-state index < -0.39 is 0 Å². The molecule has 1 fully saturated rings. The Balaban J connectivity index is 1.97. The number of rotatable bonds is 2. The smallest absolute Gasteiger partial charge is 0.233 e. The summed E-state index contributed by atoms with van der Waals surface area (Å²) in [5.74, 6) is -0.120. The first-order chi connectivity index (χ1) is 7.18. The molecule has 1 aliphatic rings. The van der Waals surface area contributed by atoms with E-state index in [0.29, 0.717) is 13.0 Å². The average molecular weight is 203 g/mol. The minimum absolute atomic E-state index is 0.0183. The lowest BCUT2D eigenvalue weighted by molar-refractivity contribution is -0.157. The third-order valence-electron chi connectivity index (χ3n) is 2.64. The van der Waals surface area contributed by atoms with Crippen LogP contribution in [-0.2, 0) is 16.0 Å². The van der Waals surface area contributed by atoms with Crippen molar-refractivity contribution >= 4 is 11.8 Å². The Bertz CT molecular complexity index is 386. The van der Waals surface area contributed by atoms with Crippen LogP contribution in [0.1, 0.15) is 12.5 Å². The Labute approximate surface area is 88.7 Å². The maximum atomic E-state index is 11.7. The molecule has 1 aromatic carbocycles. The number of carbonyl (C=O) groups excluding carboxylic acids is 2. The first-order valence-corrected chi connectivity index (χ1v) is 5.06. The predicted octanol–water partition coefficient (Wildman–Crippen LogP) is 1.23. The van der Waals surface area contributed by atoms with Crippen molar-refractivity contribution in [3.8, 4) is 0 Å². The molecule has 2 rings (SSSR count). The number of imide groups is 1. The number of nitrogens with zero attached hydrogens (tertiary/aromatic N) is 1. The first-order valence-electron chi connectivity index (χ1n) is 5.06. The van der Waals surface area contributed by atoms with E-state index in [0.717, 1.165) is 5.56 Å². The zero-order valence-electron chi connectivity index (χ0n) is 8.64. The molecule has 78 valence electrons. The van der Waals surface area contributed by atoms with Gasteiger partial charge in [-0.2, -0.15) is 0 Å². The van der Waals surface area contributed by atoms with Crippen LogP contribution in [0.25, 0.3) is 0 Å². The molecule has 1 aliphatic heterocycles. The lowest BCUT2D eigenvalue weighted by Gasteiger charge is -2.34. The highest BCUT2D eigenvalue weighted by atomic mass is 16.2. The van der Waals surface area contributed by atoms with Gasteiger partial charge in [-0.25, -0.2) is 0 Å². The van der Waals surface area contributed by atoms with Gasteiger partial charge in [-0.05, 0) is 5.56 Å². The number of amides is 2. The zero-order chi connectivity index (χ0) is 10.8. The van der Waals surface area contributed by atoms with Crippen LogP contribution in [0.2, 0.25) is 0 Å². The summed E-state index contributed by atoms with van der Waals surface area (Å²) in [4.78, 5) is 24.3. The van der Waals surface area contributed by atoms with Gasteiger partial charge in [0.1, 0.15) is 0 Å². The normalized spacial score (nSPS) is 19.9. The van der Waals surface area contributed by atoms with Gasteiger partial charge >= 0.3 is 0 Å². The second kappa shape index (κ2) is 3.85. The molecule has 0 radical (unpaired) electrons. The summed E-state index contributed by atoms with van der Waals surface area (Å²) >= 11 is 0. The van der Waals surface area contributed by atoms with E-state index in [1.165, 1.54) is 4.90 Å². The molecule has 1 atom stereocenters. The van der Waals surface area contributed by atoms with Gasteiger partial charge in [-0.1, -0.05) is 37.3 Å². The largest absolute Gasteiger partial charge is 0.281 e. The second-order valence-corrected chi connectivity index (χ2v) is 3.91. The standard InChI is InChI=1S/C12H13NO2/c1-9-8-13(12(9)15)11(14)7-10-5-3-2-4-6-10/h2-6,9H,7-8H2,1H3. The molecule has 0 bridgehead atoms. The summed E-state index contributed by atoms with van der Waals surface area (Å²) in [6.07, 6.45) is 0.319. The third kappa shape index (κ3) is 1.91. The fraction of sp³-hybridized carbons (Fsp3) is 0.333. The fourth-order valence-corrected chi connectivity index (χ4v) is 1.69. The summed E-state index contributed by atoms with van der Waals surface area (Å²) in [7, 11) is 0. The van der Waals surface area contributed by atoms with Gasteiger partial charge in [0, 0.05) is 6.54 Å². The minimum Gasteiger partial charge on any atom is -0.281 e. The second-order valence-electron chi connectivity index (χ2n) is 3.91. The molecule has 3 nitrogen and oxygen atoms in total. The Kier molecular flexibility index (Phi) is 2.54. The zero-order valence-corrected chi connectivity index (χ0v) is 8.64. The lowest BCUT2D eigenvalue weighted by atomic mass is 10.00. The number of likely N-dealkylation sites (tertiary alicyclic amines) is 1. The van der Waals surface area contributed by atoms with Crippen molar-refractivity contribution in [2.45, 2.75) is 13.3 Å². The van der Waals surface area contributed by atoms with Crippen molar-refractivity contribution in [1.29, 1.82) is 0 Å². The van der Waals surface area contributed by atoms with Gasteiger partial charge in [0.2, 0.25) is 11.8 Å². The molecule has 1 heterocycles. The van der Waals surface area contributed by atoms with Gasteiger partial charge < -0.3 is 0 Å². The summed E-state index contributed by atoms with van der Waals surface area (Å²) in [5.41, 5.74) is 0.954. The number of hydrogen-bond acceptors (Lipinski definition) is 2. The molecule has 1 aromatic rings. The summed E-state index contributed by atoms with van der Waals surface area (Å²) in [6.45, 7) is 2.42. The van der Waals surface area contributed by atoms with E-state index in [1.807, 2.05) is 37.3 Å². The Morgan fingerprint density at radius 1 is 1.40 bits per heavy atom. The SMILES string of the molecule is CC1CN(C(=O)Cc2ccccc2)C1=O. The molecule has 0 aliphatic carbocycles. The quantitative estimate of drug-likeness (QED) is 0.678. The number of β-lactam (4-membered cyclic amide) rings is 1. The number of benzene rings is 1. The highest BCUT2D eigenvalue weighted by Gasteiger charge is 2.36. The molecule has 1 unspecified atom stereocenters. The number of hydrogen-bond donors (Lipinski definition) is 0. The average Bonchev–Trinajstić information content (AvgIpc) is 2.26. The molecular weight excluding hydrogens is 190 g/mol. The maximum absolute atomic E-state index is 11.7. The lowest BCUT2D eigenvalue weighted by Crippen LogP contribution is -2.54. The van der Waals surface area contributed by atoms with E-state index in [-0.39, 0.29) is 17.7 Å². The Hall–Kier alpha value is -1.64. The van der Waals surface area contributed by atoms with Crippen LogP contribution in [0.3, 0.4) is 0 Å². The van der Waals surface area contributed by atoms with Gasteiger partial charge in [0.15, 0.2) is 0 Å². The highest BCUT2D eigenvalue weighted by molar-refractivity contribution is 6.01. The summed E-state index contributed by atoms with van der Waals surface area (Å²) < 4.78 is 0. The maximum Gasteiger partial charge on any atom is 0.233 e. The Morgan fingerprint density at radius 2 is 2.07 bits per heavy atom. The van der Waals surface area contributed by atoms with Crippen LogP contribution >= 0.6 is 0 Å². The first kappa shape index (κ1) is 9.90. The van der Waals surface area contributed by atoms with Crippen molar-refractivity contribution in [3.63, 3.8) is 0 Å². The molecule has 15 heavy (non-hydrogen) atoms. The van der Waals surface area contributed by atoms with Gasteiger partial charge in [-0.3, -0.25) is 14.5 Å². The van der Waals surface area contributed by atoms with Crippen LogP contribution in [0.15, 0.2) is 30.3 Å². The van der Waals surface area contributed by atoms with Crippen LogP contribution in [-0.4, -0.2) is 23.3 Å². The van der Waals surface area contributed by atoms with Crippen molar-refractivity contribution in [2.75, 3.05) is 6.54 Å². The molecule has 3 heteroatoms. The molecular formula is C12H13NO2. The predicted molar refractivity (Wildman–Crippen MR) is 56.0 cm³/mol. The Morgan fingerprint density at radius 3 is 2.60 bits per heavy atom. The third-order valence-corrected chi connectivity index (χ3v) is 2.64.